The predicted molar refractivity (Wildman–Crippen MR) is 94.3 cm³/mol. The van der Waals surface area contributed by atoms with Crippen molar-refractivity contribution in [2.45, 2.75) is 19.3 Å². The van der Waals surface area contributed by atoms with Gasteiger partial charge < -0.3 is 14.5 Å². The van der Waals surface area contributed by atoms with Gasteiger partial charge in [-0.05, 0) is 47.5 Å². The van der Waals surface area contributed by atoms with Crippen LogP contribution in [0.3, 0.4) is 0 Å². The summed E-state index contributed by atoms with van der Waals surface area (Å²) in [4.78, 5) is 12.3. The van der Waals surface area contributed by atoms with E-state index in [4.69, 9.17) is 9.15 Å². The van der Waals surface area contributed by atoms with Crippen LogP contribution in [-0.2, 0) is 11.2 Å². The van der Waals surface area contributed by atoms with E-state index in [9.17, 15) is 4.79 Å². The topological polar surface area (TPSA) is 51.5 Å². The number of carbonyl (C=O) groups is 1. The Labute approximate surface area is 141 Å². The minimum absolute atomic E-state index is 0.0226. The summed E-state index contributed by atoms with van der Waals surface area (Å²) in [6.45, 7) is 2.49. The van der Waals surface area contributed by atoms with Gasteiger partial charge in [-0.1, -0.05) is 24.3 Å². The number of rotatable bonds is 6. The Hall–Kier alpha value is -2.75. The van der Waals surface area contributed by atoms with Crippen LogP contribution in [-0.4, -0.2) is 19.6 Å². The lowest BCUT2D eigenvalue weighted by molar-refractivity contribution is -0.122. The van der Waals surface area contributed by atoms with Gasteiger partial charge in [0.15, 0.2) is 0 Å². The molecule has 1 N–H and O–H groups in total. The molecule has 3 rings (SSSR count). The van der Waals surface area contributed by atoms with Gasteiger partial charge in [0.25, 0.3) is 0 Å². The van der Waals surface area contributed by atoms with Gasteiger partial charge in [0.05, 0.1) is 19.3 Å². The molecular formula is C20H21NO3. The number of furan rings is 1. The molecule has 0 radical (unpaired) electrons. The van der Waals surface area contributed by atoms with Crippen LogP contribution in [0.1, 0.15) is 24.2 Å². The first-order chi connectivity index (χ1) is 11.7. The Morgan fingerprint density at radius 2 is 1.96 bits per heavy atom. The van der Waals surface area contributed by atoms with E-state index in [0.717, 1.165) is 27.8 Å². The van der Waals surface area contributed by atoms with Gasteiger partial charge in [0, 0.05) is 13.0 Å². The van der Waals surface area contributed by atoms with Crippen molar-refractivity contribution in [3.8, 4) is 5.75 Å². The molecule has 0 saturated carbocycles. The van der Waals surface area contributed by atoms with Gasteiger partial charge in [0.2, 0.25) is 5.91 Å². The van der Waals surface area contributed by atoms with E-state index in [1.165, 1.54) is 0 Å². The average Bonchev–Trinajstić information content (AvgIpc) is 3.13. The molecule has 4 heteroatoms. The second kappa shape index (κ2) is 7.21. The van der Waals surface area contributed by atoms with Crippen LogP contribution in [0.4, 0.5) is 0 Å². The molecule has 1 aromatic heterocycles. The molecule has 0 aliphatic heterocycles. The summed E-state index contributed by atoms with van der Waals surface area (Å²) in [5, 5.41) is 5.17. The van der Waals surface area contributed by atoms with Gasteiger partial charge >= 0.3 is 0 Å². The number of nitrogens with one attached hydrogen (secondary N) is 1. The average molecular weight is 323 g/mol. The van der Waals surface area contributed by atoms with Crippen LogP contribution in [0.5, 0.6) is 5.75 Å². The summed E-state index contributed by atoms with van der Waals surface area (Å²) < 4.78 is 10.5. The molecule has 1 atom stereocenters. The highest BCUT2D eigenvalue weighted by Crippen LogP contribution is 2.25. The number of hydrogen-bond donors (Lipinski definition) is 1. The fourth-order valence-corrected chi connectivity index (χ4v) is 2.71. The molecule has 1 unspecified atom stereocenters. The highest BCUT2D eigenvalue weighted by molar-refractivity contribution is 5.88. The molecule has 1 heterocycles. The molecule has 0 saturated heterocycles. The van der Waals surface area contributed by atoms with Crippen molar-refractivity contribution in [2.75, 3.05) is 13.7 Å². The molecule has 0 aliphatic rings. The molecule has 0 aliphatic carbocycles. The fourth-order valence-electron chi connectivity index (χ4n) is 2.71. The molecule has 0 bridgehead atoms. The third kappa shape index (κ3) is 3.59. The van der Waals surface area contributed by atoms with Crippen LogP contribution in [0.15, 0.2) is 59.2 Å². The zero-order valence-corrected chi connectivity index (χ0v) is 13.9. The Morgan fingerprint density at radius 3 is 2.71 bits per heavy atom. The van der Waals surface area contributed by atoms with Gasteiger partial charge in [-0.2, -0.15) is 0 Å². The van der Waals surface area contributed by atoms with E-state index >= 15 is 0 Å². The number of amides is 1. The van der Waals surface area contributed by atoms with Gasteiger partial charge in [-0.25, -0.2) is 0 Å². The van der Waals surface area contributed by atoms with Crippen LogP contribution in [0.25, 0.3) is 10.8 Å². The van der Waals surface area contributed by atoms with Crippen molar-refractivity contribution in [2.24, 2.45) is 0 Å². The van der Waals surface area contributed by atoms with Crippen LogP contribution in [0, 0.1) is 0 Å². The van der Waals surface area contributed by atoms with Crippen molar-refractivity contribution >= 4 is 16.7 Å². The van der Waals surface area contributed by atoms with Crippen molar-refractivity contribution in [3.05, 3.63) is 66.1 Å². The number of carbonyl (C=O) groups excluding carboxylic acids is 1. The minimum Gasteiger partial charge on any atom is -0.497 e. The third-order valence-corrected chi connectivity index (χ3v) is 4.22. The predicted octanol–water partition coefficient (Wildman–Crippen LogP) is 3.90. The van der Waals surface area contributed by atoms with Crippen molar-refractivity contribution in [3.63, 3.8) is 0 Å². The lowest BCUT2D eigenvalue weighted by Crippen LogP contribution is -2.29. The van der Waals surface area contributed by atoms with Gasteiger partial charge in [-0.15, -0.1) is 0 Å². The molecule has 0 fully saturated rings. The zero-order valence-electron chi connectivity index (χ0n) is 13.9. The van der Waals surface area contributed by atoms with Crippen LogP contribution < -0.4 is 10.1 Å². The SMILES string of the molecule is COc1ccc2cc(C(C)C(=O)NCCc3ccco3)ccc2c1. The van der Waals surface area contributed by atoms with E-state index in [1.807, 2.05) is 49.4 Å². The molecule has 4 nitrogen and oxygen atoms in total. The van der Waals surface area contributed by atoms with Crippen LogP contribution in [0.2, 0.25) is 0 Å². The Bertz CT molecular complexity index is 824. The van der Waals surface area contributed by atoms with E-state index < -0.39 is 0 Å². The molecule has 1 amide bonds. The lowest BCUT2D eigenvalue weighted by Gasteiger charge is -2.13. The molecule has 0 spiro atoms. The van der Waals surface area contributed by atoms with E-state index in [-0.39, 0.29) is 11.8 Å². The van der Waals surface area contributed by atoms with Crippen molar-refractivity contribution in [1.82, 2.24) is 5.32 Å². The minimum atomic E-state index is -0.201. The Kier molecular flexibility index (Phi) is 4.85. The lowest BCUT2D eigenvalue weighted by atomic mass is 9.97. The normalized spacial score (nSPS) is 12.1. The maximum atomic E-state index is 12.3. The summed E-state index contributed by atoms with van der Waals surface area (Å²) in [6.07, 6.45) is 2.34. The Morgan fingerprint density at radius 1 is 1.17 bits per heavy atom. The van der Waals surface area contributed by atoms with E-state index in [2.05, 4.69) is 11.4 Å². The summed E-state index contributed by atoms with van der Waals surface area (Å²) in [6, 6.07) is 15.8. The first-order valence-corrected chi connectivity index (χ1v) is 8.05. The van der Waals surface area contributed by atoms with Gasteiger partial charge in [0.1, 0.15) is 11.5 Å². The smallest absolute Gasteiger partial charge is 0.227 e. The maximum absolute atomic E-state index is 12.3. The first kappa shape index (κ1) is 16.1. The molecule has 124 valence electrons. The number of hydrogen-bond acceptors (Lipinski definition) is 3. The number of methoxy groups -OCH3 is 1. The quantitative estimate of drug-likeness (QED) is 0.748. The summed E-state index contributed by atoms with van der Waals surface area (Å²) in [5.74, 6) is 1.53. The Balaban J connectivity index is 1.66. The second-order valence-corrected chi connectivity index (χ2v) is 5.81. The van der Waals surface area contributed by atoms with E-state index in [0.29, 0.717) is 13.0 Å². The monoisotopic (exact) mass is 323 g/mol. The van der Waals surface area contributed by atoms with Gasteiger partial charge in [-0.3, -0.25) is 4.79 Å². The highest BCUT2D eigenvalue weighted by Gasteiger charge is 2.15. The van der Waals surface area contributed by atoms with Crippen molar-refractivity contribution < 1.29 is 13.9 Å². The standard InChI is InChI=1S/C20H21NO3/c1-14(20(22)21-10-9-18-4-3-11-24-18)15-5-6-17-13-19(23-2)8-7-16(17)12-15/h3-8,11-14H,9-10H2,1-2H3,(H,21,22). The highest BCUT2D eigenvalue weighted by atomic mass is 16.5. The largest absolute Gasteiger partial charge is 0.497 e. The maximum Gasteiger partial charge on any atom is 0.227 e. The molecular weight excluding hydrogens is 302 g/mol. The van der Waals surface area contributed by atoms with E-state index in [1.54, 1.807) is 13.4 Å². The molecule has 2 aromatic carbocycles. The summed E-state index contributed by atoms with van der Waals surface area (Å²) in [5.41, 5.74) is 1.00. The molecule has 3 aromatic rings. The third-order valence-electron chi connectivity index (χ3n) is 4.22. The van der Waals surface area contributed by atoms with Crippen LogP contribution >= 0.6 is 0 Å². The second-order valence-electron chi connectivity index (χ2n) is 5.81. The fraction of sp³-hybridized carbons (Fsp3) is 0.250. The van der Waals surface area contributed by atoms with Crippen molar-refractivity contribution in [1.29, 1.82) is 0 Å². The summed E-state index contributed by atoms with van der Waals surface area (Å²) >= 11 is 0. The number of ether oxygens (including phenoxy) is 1. The number of benzene rings is 2. The number of fused-ring (bicyclic) bond motifs is 1. The zero-order chi connectivity index (χ0) is 16.9. The summed E-state index contributed by atoms with van der Waals surface area (Å²) in [7, 11) is 1.66. The first-order valence-electron chi connectivity index (χ1n) is 8.05. The molecule has 24 heavy (non-hydrogen) atoms.